The molecule has 0 bridgehead atoms. The molecule has 0 saturated carbocycles. The third-order valence-electron chi connectivity index (χ3n) is 3.92. The Morgan fingerprint density at radius 3 is 2.70 bits per heavy atom. The summed E-state index contributed by atoms with van der Waals surface area (Å²) in [6, 6.07) is 11.0. The Morgan fingerprint density at radius 1 is 1.10 bits per heavy atom. The zero-order valence-corrected chi connectivity index (χ0v) is 12.2. The molecule has 1 aromatic heterocycles. The van der Waals surface area contributed by atoms with Crippen LogP contribution in [0.2, 0.25) is 0 Å². The van der Waals surface area contributed by atoms with Gasteiger partial charge in [0.25, 0.3) is 0 Å². The first-order valence-corrected chi connectivity index (χ1v) is 7.46. The lowest BCUT2D eigenvalue weighted by molar-refractivity contribution is 0.331. The van der Waals surface area contributed by atoms with Crippen molar-refractivity contribution in [3.8, 4) is 0 Å². The van der Waals surface area contributed by atoms with Gasteiger partial charge < -0.3 is 9.88 Å². The van der Waals surface area contributed by atoms with Crippen LogP contribution in [0.25, 0.3) is 0 Å². The predicted molar refractivity (Wildman–Crippen MR) is 83.7 cm³/mol. The Morgan fingerprint density at radius 2 is 1.95 bits per heavy atom. The Balaban J connectivity index is 1.58. The van der Waals surface area contributed by atoms with Gasteiger partial charge in [0.05, 0.1) is 0 Å². The summed E-state index contributed by atoms with van der Waals surface area (Å²) in [5.74, 6) is 0. The maximum Gasteiger partial charge on any atom is 0.0415 e. The second-order valence-corrected chi connectivity index (χ2v) is 5.72. The standard InChI is InChI=1S/C17H23N3/c1-19-10-7-16(13-19)12-18-17-6-4-5-15(11-17)14-20-8-2-3-9-20/h4-7,10-11,13,18H,2-3,8-9,12,14H2,1H3. The molecule has 1 fully saturated rings. The molecule has 3 nitrogen and oxygen atoms in total. The van der Waals surface area contributed by atoms with E-state index in [9.17, 15) is 0 Å². The van der Waals surface area contributed by atoms with Crippen molar-refractivity contribution in [2.24, 2.45) is 7.05 Å². The lowest BCUT2D eigenvalue weighted by atomic mass is 10.2. The van der Waals surface area contributed by atoms with E-state index >= 15 is 0 Å². The van der Waals surface area contributed by atoms with Crippen molar-refractivity contribution in [3.05, 3.63) is 53.9 Å². The highest BCUT2D eigenvalue weighted by Gasteiger charge is 2.11. The molecule has 1 aliphatic rings. The second-order valence-electron chi connectivity index (χ2n) is 5.72. The monoisotopic (exact) mass is 269 g/mol. The number of likely N-dealkylation sites (tertiary alicyclic amines) is 1. The van der Waals surface area contributed by atoms with Gasteiger partial charge in [0, 0.05) is 38.2 Å². The topological polar surface area (TPSA) is 20.2 Å². The van der Waals surface area contributed by atoms with Gasteiger partial charge >= 0.3 is 0 Å². The lowest BCUT2D eigenvalue weighted by Crippen LogP contribution is -2.18. The summed E-state index contributed by atoms with van der Waals surface area (Å²) < 4.78 is 2.08. The maximum atomic E-state index is 3.51. The van der Waals surface area contributed by atoms with E-state index in [1.54, 1.807) is 0 Å². The van der Waals surface area contributed by atoms with Gasteiger partial charge in [-0.1, -0.05) is 12.1 Å². The highest BCUT2D eigenvalue weighted by Crippen LogP contribution is 2.16. The molecular weight excluding hydrogens is 246 g/mol. The summed E-state index contributed by atoms with van der Waals surface area (Å²) >= 11 is 0. The molecule has 0 unspecified atom stereocenters. The van der Waals surface area contributed by atoms with Gasteiger partial charge in [-0.2, -0.15) is 0 Å². The number of benzene rings is 1. The zero-order chi connectivity index (χ0) is 13.8. The molecule has 20 heavy (non-hydrogen) atoms. The third-order valence-corrected chi connectivity index (χ3v) is 3.92. The first kappa shape index (κ1) is 13.3. The summed E-state index contributed by atoms with van der Waals surface area (Å²) in [5, 5.41) is 3.51. The van der Waals surface area contributed by atoms with Crippen molar-refractivity contribution in [1.82, 2.24) is 9.47 Å². The zero-order valence-electron chi connectivity index (χ0n) is 12.2. The van der Waals surface area contributed by atoms with E-state index in [0.29, 0.717) is 0 Å². The summed E-state index contributed by atoms with van der Waals surface area (Å²) in [4.78, 5) is 2.54. The van der Waals surface area contributed by atoms with Gasteiger partial charge in [-0.25, -0.2) is 0 Å². The van der Waals surface area contributed by atoms with E-state index in [-0.39, 0.29) is 0 Å². The maximum absolute atomic E-state index is 3.51. The average molecular weight is 269 g/mol. The van der Waals surface area contributed by atoms with Gasteiger partial charge in [0.1, 0.15) is 0 Å². The molecular formula is C17H23N3. The van der Waals surface area contributed by atoms with E-state index in [4.69, 9.17) is 0 Å². The molecule has 0 atom stereocenters. The number of hydrogen-bond acceptors (Lipinski definition) is 2. The van der Waals surface area contributed by atoms with Crippen molar-refractivity contribution >= 4 is 5.69 Å². The lowest BCUT2D eigenvalue weighted by Gasteiger charge is -2.15. The van der Waals surface area contributed by atoms with Crippen LogP contribution in [0.15, 0.2) is 42.7 Å². The molecule has 3 rings (SSSR count). The molecule has 1 saturated heterocycles. The Kier molecular flexibility index (Phi) is 4.07. The van der Waals surface area contributed by atoms with Crippen molar-refractivity contribution in [2.75, 3.05) is 18.4 Å². The Hall–Kier alpha value is -1.74. The molecule has 3 heteroatoms. The van der Waals surface area contributed by atoms with Crippen LogP contribution in [-0.4, -0.2) is 22.6 Å². The van der Waals surface area contributed by atoms with Crippen LogP contribution in [0.4, 0.5) is 5.69 Å². The highest BCUT2D eigenvalue weighted by atomic mass is 15.1. The van der Waals surface area contributed by atoms with Crippen molar-refractivity contribution < 1.29 is 0 Å². The quantitative estimate of drug-likeness (QED) is 0.899. The first-order valence-electron chi connectivity index (χ1n) is 7.46. The fourth-order valence-corrected chi connectivity index (χ4v) is 2.85. The Bertz CT molecular complexity index is 553. The molecule has 2 heterocycles. The molecule has 1 aliphatic heterocycles. The SMILES string of the molecule is Cn1ccc(CNc2cccc(CN3CCCC3)c2)c1. The van der Waals surface area contributed by atoms with Crippen LogP contribution in [-0.2, 0) is 20.1 Å². The molecule has 0 spiro atoms. The fourth-order valence-electron chi connectivity index (χ4n) is 2.85. The van der Waals surface area contributed by atoms with E-state index in [1.807, 2.05) is 0 Å². The molecule has 0 amide bonds. The third kappa shape index (κ3) is 3.42. The fraction of sp³-hybridized carbons (Fsp3) is 0.412. The van der Waals surface area contributed by atoms with Crippen LogP contribution in [0, 0.1) is 0 Å². The highest BCUT2D eigenvalue weighted by molar-refractivity contribution is 5.46. The van der Waals surface area contributed by atoms with E-state index < -0.39 is 0 Å². The van der Waals surface area contributed by atoms with Crippen LogP contribution < -0.4 is 5.32 Å². The number of aryl methyl sites for hydroxylation is 1. The largest absolute Gasteiger partial charge is 0.381 e. The Labute approximate surface area is 121 Å². The van der Waals surface area contributed by atoms with Crippen LogP contribution in [0.3, 0.4) is 0 Å². The van der Waals surface area contributed by atoms with E-state index in [1.165, 1.54) is 42.7 Å². The minimum absolute atomic E-state index is 0.883. The van der Waals surface area contributed by atoms with Crippen LogP contribution in [0.5, 0.6) is 0 Å². The molecule has 106 valence electrons. The summed E-state index contributed by atoms with van der Waals surface area (Å²) in [6.07, 6.45) is 6.94. The van der Waals surface area contributed by atoms with Crippen molar-refractivity contribution in [2.45, 2.75) is 25.9 Å². The molecule has 1 aromatic carbocycles. The molecule has 0 aliphatic carbocycles. The number of aromatic nitrogens is 1. The average Bonchev–Trinajstić information content (AvgIpc) is 3.09. The number of anilines is 1. The number of nitrogens with zero attached hydrogens (tertiary/aromatic N) is 2. The smallest absolute Gasteiger partial charge is 0.0415 e. The number of rotatable bonds is 5. The second kappa shape index (κ2) is 6.14. The van der Waals surface area contributed by atoms with Crippen molar-refractivity contribution in [1.29, 1.82) is 0 Å². The van der Waals surface area contributed by atoms with E-state index in [0.717, 1.165) is 13.1 Å². The van der Waals surface area contributed by atoms with Gasteiger partial charge in [0.15, 0.2) is 0 Å². The number of hydrogen-bond donors (Lipinski definition) is 1. The van der Waals surface area contributed by atoms with Gasteiger partial charge in [-0.3, -0.25) is 4.90 Å². The first-order chi connectivity index (χ1) is 9.79. The van der Waals surface area contributed by atoms with Crippen LogP contribution >= 0.6 is 0 Å². The van der Waals surface area contributed by atoms with Gasteiger partial charge in [-0.15, -0.1) is 0 Å². The van der Waals surface area contributed by atoms with Crippen LogP contribution in [0.1, 0.15) is 24.0 Å². The minimum atomic E-state index is 0.883. The normalized spacial score (nSPS) is 15.7. The number of nitrogens with one attached hydrogen (secondary N) is 1. The molecule has 0 radical (unpaired) electrons. The summed E-state index contributed by atoms with van der Waals surface area (Å²) in [5.41, 5.74) is 3.94. The van der Waals surface area contributed by atoms with Gasteiger partial charge in [-0.05, 0) is 55.3 Å². The minimum Gasteiger partial charge on any atom is -0.381 e. The predicted octanol–water partition coefficient (Wildman–Crippen LogP) is 3.23. The molecule has 1 N–H and O–H groups in total. The summed E-state index contributed by atoms with van der Waals surface area (Å²) in [7, 11) is 2.06. The summed E-state index contributed by atoms with van der Waals surface area (Å²) in [6.45, 7) is 4.47. The molecule has 2 aromatic rings. The van der Waals surface area contributed by atoms with E-state index in [2.05, 4.69) is 64.6 Å². The van der Waals surface area contributed by atoms with Crippen molar-refractivity contribution in [3.63, 3.8) is 0 Å². The van der Waals surface area contributed by atoms with Gasteiger partial charge in [0.2, 0.25) is 0 Å².